The van der Waals surface area contributed by atoms with Gasteiger partial charge in [0.15, 0.2) is 0 Å². The first kappa shape index (κ1) is 19.4. The molecular formula is C14H20Cl2N4O. The molecule has 5 nitrogen and oxygen atoms in total. The highest BCUT2D eigenvalue weighted by molar-refractivity contribution is 5.93. The van der Waals surface area contributed by atoms with Gasteiger partial charge in [-0.05, 0) is 12.1 Å². The van der Waals surface area contributed by atoms with E-state index in [9.17, 15) is 4.79 Å². The van der Waals surface area contributed by atoms with Gasteiger partial charge in [-0.25, -0.2) is 4.98 Å². The molecule has 0 aliphatic heterocycles. The number of halogens is 2. The van der Waals surface area contributed by atoms with E-state index in [2.05, 4.69) is 10.3 Å². The summed E-state index contributed by atoms with van der Waals surface area (Å²) < 4.78 is 1.93. The molecule has 1 aromatic carbocycles. The van der Waals surface area contributed by atoms with Crippen LogP contribution in [0.2, 0.25) is 0 Å². The highest BCUT2D eigenvalue weighted by Crippen LogP contribution is 2.20. The van der Waals surface area contributed by atoms with Gasteiger partial charge in [0.25, 0.3) is 0 Å². The van der Waals surface area contributed by atoms with E-state index in [1.165, 1.54) is 0 Å². The van der Waals surface area contributed by atoms with Crippen molar-refractivity contribution < 1.29 is 4.79 Å². The van der Waals surface area contributed by atoms with Crippen molar-refractivity contribution in [3.05, 3.63) is 36.7 Å². The van der Waals surface area contributed by atoms with Crippen molar-refractivity contribution in [2.24, 2.45) is 18.7 Å². The Bertz CT molecular complexity index is 586. The molecule has 2 aromatic rings. The first-order chi connectivity index (χ1) is 9.11. The summed E-state index contributed by atoms with van der Waals surface area (Å²) in [7, 11) is 1.93. The Morgan fingerprint density at radius 3 is 2.71 bits per heavy atom. The Balaban J connectivity index is 0.00000200. The summed E-state index contributed by atoms with van der Waals surface area (Å²) in [4.78, 5) is 16.1. The number of carbonyl (C=O) groups excluding carboxylic acids is 1. The molecule has 0 radical (unpaired) electrons. The second-order valence-corrected chi connectivity index (χ2v) is 4.57. The van der Waals surface area contributed by atoms with Gasteiger partial charge in [-0.15, -0.1) is 24.8 Å². The molecule has 1 heterocycles. The predicted molar refractivity (Wildman–Crippen MR) is 90.0 cm³/mol. The van der Waals surface area contributed by atoms with Crippen LogP contribution >= 0.6 is 24.8 Å². The number of rotatable bonds is 4. The Labute approximate surface area is 136 Å². The van der Waals surface area contributed by atoms with Crippen LogP contribution in [0.4, 0.5) is 5.69 Å². The van der Waals surface area contributed by atoms with Crippen LogP contribution in [0.15, 0.2) is 36.7 Å². The molecule has 7 heteroatoms. The van der Waals surface area contributed by atoms with Crippen molar-refractivity contribution in [1.82, 2.24) is 9.55 Å². The number of carbonyl (C=O) groups is 1. The highest BCUT2D eigenvalue weighted by atomic mass is 35.5. The van der Waals surface area contributed by atoms with E-state index in [-0.39, 0.29) is 36.6 Å². The van der Waals surface area contributed by atoms with Crippen LogP contribution in [-0.4, -0.2) is 22.0 Å². The van der Waals surface area contributed by atoms with Crippen LogP contribution in [0.1, 0.15) is 6.92 Å². The molecule has 116 valence electrons. The summed E-state index contributed by atoms with van der Waals surface area (Å²) >= 11 is 0. The number of imidazole rings is 1. The van der Waals surface area contributed by atoms with Crippen LogP contribution in [0.25, 0.3) is 11.4 Å². The largest absolute Gasteiger partial charge is 0.334 e. The average molecular weight is 331 g/mol. The lowest BCUT2D eigenvalue weighted by atomic mass is 10.1. The molecule has 3 N–H and O–H groups in total. The third-order valence-electron chi connectivity index (χ3n) is 3.01. The van der Waals surface area contributed by atoms with Gasteiger partial charge < -0.3 is 15.6 Å². The van der Waals surface area contributed by atoms with Gasteiger partial charge in [0.05, 0.1) is 0 Å². The minimum Gasteiger partial charge on any atom is -0.334 e. The monoisotopic (exact) mass is 330 g/mol. The van der Waals surface area contributed by atoms with Crippen molar-refractivity contribution in [2.45, 2.75) is 6.92 Å². The summed E-state index contributed by atoms with van der Waals surface area (Å²) in [6.45, 7) is 2.14. The third-order valence-corrected chi connectivity index (χ3v) is 3.01. The van der Waals surface area contributed by atoms with Gasteiger partial charge in [-0.1, -0.05) is 19.1 Å². The van der Waals surface area contributed by atoms with E-state index < -0.39 is 0 Å². The van der Waals surface area contributed by atoms with Crippen molar-refractivity contribution in [2.75, 3.05) is 11.9 Å². The molecular weight excluding hydrogens is 311 g/mol. The minimum absolute atomic E-state index is 0. The van der Waals surface area contributed by atoms with Crippen LogP contribution in [0, 0.1) is 5.92 Å². The zero-order valence-electron chi connectivity index (χ0n) is 11.9. The molecule has 0 saturated carbocycles. The lowest BCUT2D eigenvalue weighted by molar-refractivity contribution is -0.119. The second-order valence-electron chi connectivity index (χ2n) is 4.57. The first-order valence-electron chi connectivity index (χ1n) is 6.20. The zero-order chi connectivity index (χ0) is 13.8. The summed E-state index contributed by atoms with van der Waals surface area (Å²) in [6, 6.07) is 7.62. The van der Waals surface area contributed by atoms with Gasteiger partial charge in [0, 0.05) is 43.2 Å². The summed E-state index contributed by atoms with van der Waals surface area (Å²) in [5, 5.41) is 2.86. The molecule has 0 aliphatic rings. The van der Waals surface area contributed by atoms with Crippen molar-refractivity contribution in [3.63, 3.8) is 0 Å². The number of hydrogen-bond donors (Lipinski definition) is 2. The van der Waals surface area contributed by atoms with Crippen molar-refractivity contribution in [1.29, 1.82) is 0 Å². The molecule has 0 aliphatic carbocycles. The quantitative estimate of drug-likeness (QED) is 0.904. The fraction of sp³-hybridized carbons (Fsp3) is 0.286. The van der Waals surface area contributed by atoms with Crippen molar-refractivity contribution >= 4 is 36.4 Å². The Kier molecular flexibility index (Phi) is 8.02. The van der Waals surface area contributed by atoms with E-state index in [1.807, 2.05) is 42.1 Å². The maximum atomic E-state index is 11.8. The van der Waals surface area contributed by atoms with E-state index in [1.54, 1.807) is 13.1 Å². The summed E-state index contributed by atoms with van der Waals surface area (Å²) in [5.74, 6) is 0.597. The molecule has 21 heavy (non-hydrogen) atoms. The lowest BCUT2D eigenvalue weighted by Crippen LogP contribution is -2.26. The number of nitrogens with zero attached hydrogens (tertiary/aromatic N) is 2. The molecule has 0 fully saturated rings. The topological polar surface area (TPSA) is 72.9 Å². The smallest absolute Gasteiger partial charge is 0.228 e. The van der Waals surface area contributed by atoms with Gasteiger partial charge in [0.1, 0.15) is 5.82 Å². The first-order valence-corrected chi connectivity index (χ1v) is 6.20. The maximum absolute atomic E-state index is 11.8. The van der Waals surface area contributed by atoms with E-state index in [0.29, 0.717) is 6.54 Å². The zero-order valence-corrected chi connectivity index (χ0v) is 13.6. The average Bonchev–Trinajstić information content (AvgIpc) is 2.84. The Morgan fingerprint density at radius 1 is 1.43 bits per heavy atom. The van der Waals surface area contributed by atoms with Gasteiger partial charge >= 0.3 is 0 Å². The Hall–Kier alpha value is -1.56. The maximum Gasteiger partial charge on any atom is 0.228 e. The molecule has 0 saturated heterocycles. The number of amides is 1. The van der Waals surface area contributed by atoms with Crippen LogP contribution in [-0.2, 0) is 11.8 Å². The molecule has 0 bridgehead atoms. The van der Waals surface area contributed by atoms with Crippen molar-refractivity contribution in [3.8, 4) is 11.4 Å². The van der Waals surface area contributed by atoms with Crippen LogP contribution in [0.5, 0.6) is 0 Å². The SMILES string of the molecule is CC(CN)C(=O)Nc1cccc(-c2nccn2C)c1.Cl.Cl. The standard InChI is InChI=1S/C14H18N4O.2ClH/c1-10(9-15)14(19)17-12-5-3-4-11(8-12)13-16-6-7-18(13)2;;/h3-8,10H,9,15H2,1-2H3,(H,17,19);2*1H. The fourth-order valence-corrected chi connectivity index (χ4v) is 1.75. The molecule has 1 unspecified atom stereocenters. The third kappa shape index (κ3) is 4.74. The molecule has 2 rings (SSSR count). The fourth-order valence-electron chi connectivity index (χ4n) is 1.75. The number of nitrogens with two attached hydrogens (primary N) is 1. The second kappa shape index (κ2) is 8.67. The van der Waals surface area contributed by atoms with Gasteiger partial charge in [-0.2, -0.15) is 0 Å². The number of hydrogen-bond acceptors (Lipinski definition) is 3. The Morgan fingerprint density at radius 2 is 2.14 bits per heavy atom. The van der Waals surface area contributed by atoms with Crippen LogP contribution < -0.4 is 11.1 Å². The molecule has 0 spiro atoms. The lowest BCUT2D eigenvalue weighted by Gasteiger charge is -2.11. The minimum atomic E-state index is -0.197. The summed E-state index contributed by atoms with van der Waals surface area (Å²) in [5.41, 5.74) is 7.20. The summed E-state index contributed by atoms with van der Waals surface area (Å²) in [6.07, 6.45) is 3.63. The van der Waals surface area contributed by atoms with E-state index in [4.69, 9.17) is 5.73 Å². The number of nitrogens with one attached hydrogen (secondary N) is 1. The number of aryl methyl sites for hydroxylation is 1. The van der Waals surface area contributed by atoms with E-state index >= 15 is 0 Å². The number of aromatic nitrogens is 2. The van der Waals surface area contributed by atoms with E-state index in [0.717, 1.165) is 17.1 Å². The normalized spacial score (nSPS) is 11.0. The predicted octanol–water partition coefficient (Wildman–Crippen LogP) is 2.46. The molecule has 1 amide bonds. The highest BCUT2D eigenvalue weighted by Gasteiger charge is 2.11. The van der Waals surface area contributed by atoms with Gasteiger partial charge in [0.2, 0.25) is 5.91 Å². The number of benzene rings is 1. The molecule has 1 aromatic heterocycles. The number of anilines is 1. The van der Waals surface area contributed by atoms with Crippen LogP contribution in [0.3, 0.4) is 0 Å². The molecule has 1 atom stereocenters. The van der Waals surface area contributed by atoms with Gasteiger partial charge in [-0.3, -0.25) is 4.79 Å².